The Morgan fingerprint density at radius 1 is 1.00 bits per heavy atom. The Balaban J connectivity index is 2.04. The number of rotatable bonds is 1. The molecule has 2 aromatic carbocycles. The molecule has 0 atom stereocenters. The minimum Gasteiger partial charge on any atom is -0.468 e. The van der Waals surface area contributed by atoms with E-state index in [2.05, 4.69) is 36.5 Å². The average Bonchev–Trinajstić information content (AvgIpc) is 2.38. The molecule has 1 heterocycles. The molecule has 0 radical (unpaired) electrons. The van der Waals surface area contributed by atoms with Crippen LogP contribution >= 0.6 is 0 Å². The van der Waals surface area contributed by atoms with Gasteiger partial charge in [0.1, 0.15) is 5.75 Å². The predicted octanol–water partition coefficient (Wildman–Crippen LogP) is 3.52. The van der Waals surface area contributed by atoms with E-state index in [9.17, 15) is 4.79 Å². The molecule has 1 aliphatic heterocycles. The molecule has 1 aliphatic rings. The van der Waals surface area contributed by atoms with Gasteiger partial charge in [-0.1, -0.05) is 35.9 Å². The number of nitrogens with one attached hydrogen (secondary N) is 1. The smallest absolute Gasteiger partial charge is 0.258 e. The fourth-order valence-electron chi connectivity index (χ4n) is 2.36. The molecular formula is C17H17NO2. The third kappa shape index (κ3) is 2.27. The van der Waals surface area contributed by atoms with E-state index in [0.717, 1.165) is 11.1 Å². The van der Waals surface area contributed by atoms with E-state index >= 15 is 0 Å². The molecule has 0 fully saturated rings. The first-order valence-electron chi connectivity index (χ1n) is 6.67. The minimum atomic E-state index is -0.657. The first kappa shape index (κ1) is 12.7. The van der Waals surface area contributed by atoms with E-state index < -0.39 is 5.72 Å². The van der Waals surface area contributed by atoms with Crippen LogP contribution in [0.15, 0.2) is 42.5 Å². The van der Waals surface area contributed by atoms with Crippen LogP contribution in [-0.4, -0.2) is 11.6 Å². The van der Waals surface area contributed by atoms with Crippen molar-refractivity contribution in [1.29, 1.82) is 0 Å². The summed E-state index contributed by atoms with van der Waals surface area (Å²) >= 11 is 0. The summed E-state index contributed by atoms with van der Waals surface area (Å²) in [7, 11) is 0. The van der Waals surface area contributed by atoms with Crippen LogP contribution < -0.4 is 10.1 Å². The Kier molecular flexibility index (Phi) is 2.78. The SMILES string of the molecule is Cc1ccc(-c2ccc3c(c2)C(=O)NC(C)(C)O3)cc1. The zero-order chi connectivity index (χ0) is 14.3. The van der Waals surface area contributed by atoms with Gasteiger partial charge in [0.2, 0.25) is 0 Å². The van der Waals surface area contributed by atoms with Crippen molar-refractivity contribution in [3.63, 3.8) is 0 Å². The molecule has 0 spiro atoms. The number of fused-ring (bicyclic) bond motifs is 1. The molecule has 20 heavy (non-hydrogen) atoms. The van der Waals surface area contributed by atoms with Crippen LogP contribution in [-0.2, 0) is 0 Å². The molecule has 0 saturated carbocycles. The summed E-state index contributed by atoms with van der Waals surface area (Å²) in [5.74, 6) is 0.542. The van der Waals surface area contributed by atoms with Crippen molar-refractivity contribution in [2.24, 2.45) is 0 Å². The van der Waals surface area contributed by atoms with Crippen molar-refractivity contribution < 1.29 is 9.53 Å². The van der Waals surface area contributed by atoms with Crippen LogP contribution in [0.1, 0.15) is 29.8 Å². The summed E-state index contributed by atoms with van der Waals surface area (Å²) in [4.78, 5) is 12.1. The summed E-state index contributed by atoms with van der Waals surface area (Å²) in [6.45, 7) is 5.73. The minimum absolute atomic E-state index is 0.0924. The van der Waals surface area contributed by atoms with E-state index in [4.69, 9.17) is 4.74 Å². The molecule has 2 aromatic rings. The molecule has 3 nitrogen and oxygen atoms in total. The highest BCUT2D eigenvalue weighted by Crippen LogP contribution is 2.31. The maximum absolute atomic E-state index is 12.1. The van der Waals surface area contributed by atoms with Gasteiger partial charge in [-0.05, 0) is 44.0 Å². The third-order valence-electron chi connectivity index (χ3n) is 3.39. The first-order valence-corrected chi connectivity index (χ1v) is 6.67. The molecule has 0 aromatic heterocycles. The fourth-order valence-corrected chi connectivity index (χ4v) is 2.36. The Bertz CT molecular complexity index is 672. The highest BCUT2D eigenvalue weighted by atomic mass is 16.5. The monoisotopic (exact) mass is 267 g/mol. The summed E-state index contributed by atoms with van der Waals surface area (Å²) in [5.41, 5.74) is 3.25. The zero-order valence-corrected chi connectivity index (χ0v) is 11.9. The second kappa shape index (κ2) is 4.37. The maximum Gasteiger partial charge on any atom is 0.258 e. The van der Waals surface area contributed by atoms with Gasteiger partial charge >= 0.3 is 0 Å². The van der Waals surface area contributed by atoms with Gasteiger partial charge in [0, 0.05) is 0 Å². The second-order valence-corrected chi connectivity index (χ2v) is 5.64. The number of hydrogen-bond acceptors (Lipinski definition) is 2. The van der Waals surface area contributed by atoms with Crippen molar-refractivity contribution in [2.45, 2.75) is 26.5 Å². The molecule has 1 N–H and O–H groups in total. The van der Waals surface area contributed by atoms with Gasteiger partial charge in [-0.2, -0.15) is 0 Å². The van der Waals surface area contributed by atoms with Gasteiger partial charge in [0.05, 0.1) is 5.56 Å². The van der Waals surface area contributed by atoms with Gasteiger partial charge in [-0.15, -0.1) is 0 Å². The van der Waals surface area contributed by atoms with Crippen LogP contribution in [0.2, 0.25) is 0 Å². The normalized spacial score (nSPS) is 16.1. The topological polar surface area (TPSA) is 38.3 Å². The van der Waals surface area contributed by atoms with Gasteiger partial charge in [0.15, 0.2) is 5.72 Å². The van der Waals surface area contributed by atoms with Crippen molar-refractivity contribution in [3.8, 4) is 16.9 Å². The van der Waals surface area contributed by atoms with Crippen molar-refractivity contribution in [2.75, 3.05) is 0 Å². The zero-order valence-electron chi connectivity index (χ0n) is 11.9. The molecule has 0 bridgehead atoms. The predicted molar refractivity (Wildman–Crippen MR) is 78.8 cm³/mol. The second-order valence-electron chi connectivity index (χ2n) is 5.64. The van der Waals surface area contributed by atoms with E-state index in [1.54, 1.807) is 0 Å². The van der Waals surface area contributed by atoms with Crippen LogP contribution in [0.4, 0.5) is 0 Å². The van der Waals surface area contributed by atoms with E-state index in [-0.39, 0.29) is 5.91 Å². The van der Waals surface area contributed by atoms with Gasteiger partial charge in [0.25, 0.3) is 5.91 Å². The number of aryl methyl sites for hydroxylation is 1. The Labute approximate surface area is 118 Å². The Hall–Kier alpha value is -2.29. The summed E-state index contributed by atoms with van der Waals surface area (Å²) in [5, 5.41) is 2.84. The number of carbonyl (C=O) groups is 1. The van der Waals surface area contributed by atoms with Crippen molar-refractivity contribution >= 4 is 5.91 Å². The highest BCUT2D eigenvalue weighted by molar-refractivity contribution is 5.99. The lowest BCUT2D eigenvalue weighted by atomic mass is 10.00. The van der Waals surface area contributed by atoms with Crippen LogP contribution in [0.5, 0.6) is 5.75 Å². The summed E-state index contributed by atoms with van der Waals surface area (Å²) < 4.78 is 5.77. The summed E-state index contributed by atoms with van der Waals surface area (Å²) in [6, 6.07) is 14.0. The largest absolute Gasteiger partial charge is 0.468 e. The molecule has 102 valence electrons. The number of amides is 1. The van der Waals surface area contributed by atoms with Crippen LogP contribution in [0, 0.1) is 6.92 Å². The van der Waals surface area contributed by atoms with E-state index in [0.29, 0.717) is 11.3 Å². The number of hydrogen-bond donors (Lipinski definition) is 1. The molecule has 0 saturated heterocycles. The molecule has 0 unspecified atom stereocenters. The highest BCUT2D eigenvalue weighted by Gasteiger charge is 2.31. The first-order chi connectivity index (χ1) is 9.44. The Morgan fingerprint density at radius 2 is 1.65 bits per heavy atom. The number of carbonyl (C=O) groups excluding carboxylic acids is 1. The molecule has 3 heteroatoms. The molecular weight excluding hydrogens is 250 g/mol. The van der Waals surface area contributed by atoms with Gasteiger partial charge < -0.3 is 10.1 Å². The van der Waals surface area contributed by atoms with Crippen molar-refractivity contribution in [1.82, 2.24) is 5.32 Å². The fraction of sp³-hybridized carbons (Fsp3) is 0.235. The molecule has 1 amide bonds. The standard InChI is InChI=1S/C17H17NO2/c1-11-4-6-12(7-5-11)13-8-9-15-14(10-13)16(19)18-17(2,3)20-15/h4-10H,1-3H3,(H,18,19). The summed E-state index contributed by atoms with van der Waals surface area (Å²) in [6.07, 6.45) is 0. The van der Waals surface area contributed by atoms with Crippen LogP contribution in [0.25, 0.3) is 11.1 Å². The Morgan fingerprint density at radius 3 is 2.35 bits per heavy atom. The molecule has 0 aliphatic carbocycles. The molecule has 3 rings (SSSR count). The van der Waals surface area contributed by atoms with Crippen LogP contribution in [0.3, 0.4) is 0 Å². The van der Waals surface area contributed by atoms with Gasteiger partial charge in [-0.25, -0.2) is 0 Å². The van der Waals surface area contributed by atoms with E-state index in [1.165, 1.54) is 5.56 Å². The lowest BCUT2D eigenvalue weighted by Gasteiger charge is -2.33. The number of ether oxygens (including phenoxy) is 1. The van der Waals surface area contributed by atoms with Gasteiger partial charge in [-0.3, -0.25) is 4.79 Å². The maximum atomic E-state index is 12.1. The van der Waals surface area contributed by atoms with Crippen molar-refractivity contribution in [3.05, 3.63) is 53.6 Å². The average molecular weight is 267 g/mol. The van der Waals surface area contributed by atoms with E-state index in [1.807, 2.05) is 32.0 Å². The quantitative estimate of drug-likeness (QED) is 0.858. The third-order valence-corrected chi connectivity index (χ3v) is 3.39. The lowest BCUT2D eigenvalue weighted by molar-refractivity contribution is 0.0433. The number of benzene rings is 2. The lowest BCUT2D eigenvalue weighted by Crippen LogP contribution is -2.51.